The molecule has 1 aliphatic rings. The second-order valence-corrected chi connectivity index (χ2v) is 9.43. The summed E-state index contributed by atoms with van der Waals surface area (Å²) in [6.45, 7) is 13.1. The zero-order valence-corrected chi connectivity index (χ0v) is 16.8. The monoisotopic (exact) mass is 341 g/mol. The highest BCUT2D eigenvalue weighted by Gasteiger charge is 2.41. The van der Waals surface area contributed by atoms with E-state index in [0.717, 1.165) is 12.8 Å². The normalized spacial score (nSPS) is 20.2. The third-order valence-electron chi connectivity index (χ3n) is 5.39. The number of hydrogen-bond donors (Lipinski definition) is 0. The highest BCUT2D eigenvalue weighted by molar-refractivity contribution is 6.21. The Labute approximate surface area is 153 Å². The first kappa shape index (κ1) is 19.7. The molecular weight excluding hydrogens is 309 g/mol. The summed E-state index contributed by atoms with van der Waals surface area (Å²) in [7, 11) is 2.25. The van der Waals surface area contributed by atoms with Gasteiger partial charge in [0.15, 0.2) is 0 Å². The lowest BCUT2D eigenvalue weighted by molar-refractivity contribution is -0.122. The molecule has 1 fully saturated rings. The van der Waals surface area contributed by atoms with Gasteiger partial charge in [-0.1, -0.05) is 65.4 Å². The SMILES string of the molecule is BC(C)(C)CC(C)(C)c1ccc(N2C(=O)CC(C(C)CC)C2=O)cc1. The summed E-state index contributed by atoms with van der Waals surface area (Å²) in [5, 5.41) is 0.243. The maximum Gasteiger partial charge on any atom is 0.237 e. The molecule has 25 heavy (non-hydrogen) atoms. The van der Waals surface area contributed by atoms with Gasteiger partial charge in [-0.3, -0.25) is 14.5 Å². The Kier molecular flexibility index (Phi) is 5.51. The number of carbonyl (C=O) groups is 2. The number of nitrogens with zero attached hydrogens (tertiary/aromatic N) is 1. The summed E-state index contributed by atoms with van der Waals surface area (Å²) >= 11 is 0. The van der Waals surface area contributed by atoms with Crippen molar-refractivity contribution < 1.29 is 9.59 Å². The number of rotatable bonds is 6. The average molecular weight is 341 g/mol. The number of anilines is 1. The lowest BCUT2D eigenvalue weighted by atomic mass is 9.62. The van der Waals surface area contributed by atoms with Gasteiger partial charge in [0, 0.05) is 6.42 Å². The molecule has 1 aromatic rings. The summed E-state index contributed by atoms with van der Waals surface area (Å²) in [5.74, 6) is -0.0426. The first-order chi connectivity index (χ1) is 11.5. The maximum absolute atomic E-state index is 12.7. The number of hydrogen-bond acceptors (Lipinski definition) is 2. The molecule has 1 saturated heterocycles. The van der Waals surface area contributed by atoms with Gasteiger partial charge < -0.3 is 0 Å². The van der Waals surface area contributed by atoms with Crippen molar-refractivity contribution in [3.8, 4) is 0 Å². The minimum atomic E-state index is -0.172. The second kappa shape index (κ2) is 6.97. The van der Waals surface area contributed by atoms with Crippen molar-refractivity contribution in [2.24, 2.45) is 11.8 Å². The first-order valence-electron chi connectivity index (χ1n) is 9.43. The first-order valence-corrected chi connectivity index (χ1v) is 9.43. The van der Waals surface area contributed by atoms with E-state index in [0.29, 0.717) is 12.1 Å². The number of benzene rings is 1. The molecule has 2 amide bonds. The third kappa shape index (κ3) is 4.34. The van der Waals surface area contributed by atoms with E-state index in [1.807, 2.05) is 12.1 Å². The quantitative estimate of drug-likeness (QED) is 0.577. The summed E-state index contributed by atoms with van der Waals surface area (Å²) < 4.78 is 0. The minimum Gasteiger partial charge on any atom is -0.274 e. The van der Waals surface area contributed by atoms with Crippen molar-refractivity contribution in [2.45, 2.75) is 71.5 Å². The van der Waals surface area contributed by atoms with Crippen molar-refractivity contribution in [1.29, 1.82) is 0 Å². The molecule has 0 aliphatic carbocycles. The molecular formula is C21H32BNO2. The van der Waals surface area contributed by atoms with Gasteiger partial charge in [0.1, 0.15) is 7.85 Å². The molecule has 0 bridgehead atoms. The summed E-state index contributed by atoms with van der Waals surface area (Å²) in [6, 6.07) is 7.99. The molecule has 0 radical (unpaired) electrons. The molecule has 1 heterocycles. The molecule has 136 valence electrons. The predicted molar refractivity (Wildman–Crippen MR) is 107 cm³/mol. The fraction of sp³-hybridized carbons (Fsp3) is 0.619. The van der Waals surface area contributed by atoms with Crippen LogP contribution in [0.2, 0.25) is 5.31 Å². The van der Waals surface area contributed by atoms with Gasteiger partial charge in [0.2, 0.25) is 11.8 Å². The lowest BCUT2D eigenvalue weighted by Crippen LogP contribution is -2.32. The van der Waals surface area contributed by atoms with E-state index < -0.39 is 0 Å². The molecule has 3 nitrogen and oxygen atoms in total. The minimum absolute atomic E-state index is 0.0407. The molecule has 0 N–H and O–H groups in total. The zero-order chi connectivity index (χ0) is 19.0. The van der Waals surface area contributed by atoms with Crippen LogP contribution in [0.1, 0.15) is 66.4 Å². The molecule has 1 aromatic carbocycles. The van der Waals surface area contributed by atoms with Gasteiger partial charge in [-0.05, 0) is 35.4 Å². The van der Waals surface area contributed by atoms with Crippen LogP contribution in [0, 0.1) is 11.8 Å². The van der Waals surface area contributed by atoms with Crippen LogP contribution >= 0.6 is 0 Å². The van der Waals surface area contributed by atoms with Gasteiger partial charge in [0.25, 0.3) is 0 Å². The maximum atomic E-state index is 12.7. The smallest absolute Gasteiger partial charge is 0.237 e. The average Bonchev–Trinajstić information content (AvgIpc) is 2.79. The molecule has 2 rings (SSSR count). The van der Waals surface area contributed by atoms with Gasteiger partial charge in [0.05, 0.1) is 11.6 Å². The van der Waals surface area contributed by atoms with Crippen LogP contribution in [0.3, 0.4) is 0 Å². The predicted octanol–water partition coefficient (Wildman–Crippen LogP) is 4.11. The van der Waals surface area contributed by atoms with Gasteiger partial charge in [-0.2, -0.15) is 0 Å². The van der Waals surface area contributed by atoms with Crippen LogP contribution in [-0.4, -0.2) is 19.7 Å². The van der Waals surface area contributed by atoms with Crippen molar-refractivity contribution in [3.05, 3.63) is 29.8 Å². The molecule has 4 heteroatoms. The van der Waals surface area contributed by atoms with E-state index in [9.17, 15) is 9.59 Å². The summed E-state index contributed by atoms with van der Waals surface area (Å²) in [6.07, 6.45) is 2.32. The van der Waals surface area contributed by atoms with Crippen LogP contribution in [0.5, 0.6) is 0 Å². The Hall–Kier alpha value is -1.58. The zero-order valence-electron chi connectivity index (χ0n) is 16.8. The largest absolute Gasteiger partial charge is 0.274 e. The van der Waals surface area contributed by atoms with E-state index in [4.69, 9.17) is 0 Å². The van der Waals surface area contributed by atoms with Crippen LogP contribution in [0.15, 0.2) is 24.3 Å². The van der Waals surface area contributed by atoms with E-state index >= 15 is 0 Å². The molecule has 0 spiro atoms. The Morgan fingerprint density at radius 1 is 1.16 bits per heavy atom. The van der Waals surface area contributed by atoms with Crippen molar-refractivity contribution in [1.82, 2.24) is 0 Å². The standard InChI is InChI=1S/C21H32BNO2/c1-7-14(2)17-12-18(24)23(19(17)25)16-10-8-15(9-11-16)20(3,4)13-21(5,6)22/h8-11,14,17H,7,12-13,22H2,1-6H3. The van der Waals surface area contributed by atoms with Gasteiger partial charge in [-0.15, -0.1) is 0 Å². The number of imide groups is 1. The molecule has 2 atom stereocenters. The Bertz CT molecular complexity index is 643. The van der Waals surface area contributed by atoms with Crippen LogP contribution in [-0.2, 0) is 15.0 Å². The third-order valence-corrected chi connectivity index (χ3v) is 5.39. The fourth-order valence-electron chi connectivity index (χ4n) is 4.15. The van der Waals surface area contributed by atoms with Gasteiger partial charge >= 0.3 is 0 Å². The topological polar surface area (TPSA) is 37.4 Å². The van der Waals surface area contributed by atoms with Crippen LogP contribution in [0.25, 0.3) is 0 Å². The summed E-state index contributed by atoms with van der Waals surface area (Å²) in [4.78, 5) is 26.5. The van der Waals surface area contributed by atoms with Crippen molar-refractivity contribution in [2.75, 3.05) is 4.90 Å². The Morgan fingerprint density at radius 2 is 1.72 bits per heavy atom. The highest BCUT2D eigenvalue weighted by atomic mass is 16.2. The Morgan fingerprint density at radius 3 is 2.20 bits per heavy atom. The highest BCUT2D eigenvalue weighted by Crippen LogP contribution is 2.39. The fourth-order valence-corrected chi connectivity index (χ4v) is 4.15. The van der Waals surface area contributed by atoms with Gasteiger partial charge in [-0.25, -0.2) is 0 Å². The Balaban J connectivity index is 2.23. The number of carbonyl (C=O) groups excluding carboxylic acids is 2. The van der Waals surface area contributed by atoms with E-state index in [1.54, 1.807) is 0 Å². The number of amides is 2. The molecule has 2 unspecified atom stereocenters. The van der Waals surface area contributed by atoms with Crippen molar-refractivity contribution in [3.63, 3.8) is 0 Å². The second-order valence-electron chi connectivity index (χ2n) is 9.43. The molecule has 0 saturated carbocycles. The van der Waals surface area contributed by atoms with E-state index in [1.165, 1.54) is 10.5 Å². The van der Waals surface area contributed by atoms with E-state index in [2.05, 4.69) is 61.5 Å². The molecule has 1 aliphatic heterocycles. The van der Waals surface area contributed by atoms with Crippen LogP contribution < -0.4 is 4.90 Å². The summed E-state index contributed by atoms with van der Waals surface area (Å²) in [5.41, 5.74) is 1.99. The molecule has 0 aromatic heterocycles. The van der Waals surface area contributed by atoms with Crippen LogP contribution in [0.4, 0.5) is 5.69 Å². The van der Waals surface area contributed by atoms with E-state index in [-0.39, 0.29) is 34.4 Å². The lowest BCUT2D eigenvalue weighted by Gasteiger charge is -2.33. The van der Waals surface area contributed by atoms with Crippen molar-refractivity contribution >= 4 is 25.3 Å².